The summed E-state index contributed by atoms with van der Waals surface area (Å²) in [4.78, 5) is 8.45. The number of aromatic nitrogens is 2. The zero-order valence-corrected chi connectivity index (χ0v) is 10.1. The number of pyridine rings is 1. The van der Waals surface area contributed by atoms with Gasteiger partial charge in [-0.3, -0.25) is 4.98 Å². The quantitative estimate of drug-likeness (QED) is 0.863. The predicted molar refractivity (Wildman–Crippen MR) is 67.9 cm³/mol. The number of thiazole rings is 1. The number of hydrogen-bond donors (Lipinski definition) is 1. The van der Waals surface area contributed by atoms with E-state index in [1.807, 2.05) is 24.5 Å². The standard InChI is InChI=1S/C12H15N3S/c1-2-11-9-16-12(15-11)14-8-5-10-3-6-13-7-4-10/h3-4,6-7,9H,2,5,8H2,1H3,(H,14,15). The predicted octanol–water partition coefficient (Wildman–Crippen LogP) is 2.76. The minimum atomic E-state index is 0.917. The first-order valence-electron chi connectivity index (χ1n) is 5.45. The molecule has 3 nitrogen and oxygen atoms in total. The topological polar surface area (TPSA) is 37.8 Å². The van der Waals surface area contributed by atoms with Crippen molar-refractivity contribution in [2.75, 3.05) is 11.9 Å². The van der Waals surface area contributed by atoms with Gasteiger partial charge in [-0.1, -0.05) is 6.92 Å². The highest BCUT2D eigenvalue weighted by atomic mass is 32.1. The van der Waals surface area contributed by atoms with Crippen molar-refractivity contribution in [3.8, 4) is 0 Å². The number of aryl methyl sites for hydroxylation is 1. The van der Waals surface area contributed by atoms with Gasteiger partial charge in [-0.2, -0.15) is 0 Å². The molecule has 0 aliphatic rings. The van der Waals surface area contributed by atoms with Crippen LogP contribution in [0.25, 0.3) is 0 Å². The van der Waals surface area contributed by atoms with Crippen LogP contribution in [0.3, 0.4) is 0 Å². The molecule has 2 aromatic rings. The van der Waals surface area contributed by atoms with Crippen LogP contribution in [0.5, 0.6) is 0 Å². The highest BCUT2D eigenvalue weighted by Gasteiger charge is 1.99. The van der Waals surface area contributed by atoms with Gasteiger partial charge in [0.2, 0.25) is 0 Å². The van der Waals surface area contributed by atoms with Crippen molar-refractivity contribution >= 4 is 16.5 Å². The molecule has 0 amide bonds. The average Bonchev–Trinajstić information content (AvgIpc) is 2.78. The van der Waals surface area contributed by atoms with E-state index in [0.29, 0.717) is 0 Å². The fraction of sp³-hybridized carbons (Fsp3) is 0.333. The maximum Gasteiger partial charge on any atom is 0.182 e. The molecule has 0 aliphatic heterocycles. The van der Waals surface area contributed by atoms with Crippen LogP contribution in [0.1, 0.15) is 18.2 Å². The summed E-state index contributed by atoms with van der Waals surface area (Å²) in [5.74, 6) is 0. The highest BCUT2D eigenvalue weighted by Crippen LogP contribution is 2.15. The lowest BCUT2D eigenvalue weighted by molar-refractivity contribution is 0.996. The summed E-state index contributed by atoms with van der Waals surface area (Å²) < 4.78 is 0. The molecular formula is C12H15N3S. The van der Waals surface area contributed by atoms with Crippen LogP contribution in [-0.4, -0.2) is 16.5 Å². The van der Waals surface area contributed by atoms with Crippen LogP contribution in [0.15, 0.2) is 29.9 Å². The van der Waals surface area contributed by atoms with E-state index in [9.17, 15) is 0 Å². The van der Waals surface area contributed by atoms with E-state index in [-0.39, 0.29) is 0 Å². The van der Waals surface area contributed by atoms with Crippen LogP contribution >= 0.6 is 11.3 Å². The van der Waals surface area contributed by atoms with Crippen LogP contribution in [-0.2, 0) is 12.8 Å². The average molecular weight is 233 g/mol. The molecule has 16 heavy (non-hydrogen) atoms. The van der Waals surface area contributed by atoms with Crippen LogP contribution < -0.4 is 5.32 Å². The number of nitrogens with one attached hydrogen (secondary N) is 1. The summed E-state index contributed by atoms with van der Waals surface area (Å²) in [6.45, 7) is 3.04. The smallest absolute Gasteiger partial charge is 0.182 e. The SMILES string of the molecule is CCc1csc(NCCc2ccncc2)n1. The van der Waals surface area contributed by atoms with Gasteiger partial charge in [-0.05, 0) is 30.5 Å². The van der Waals surface area contributed by atoms with Crippen molar-refractivity contribution in [3.05, 3.63) is 41.2 Å². The number of anilines is 1. The molecule has 84 valence electrons. The summed E-state index contributed by atoms with van der Waals surface area (Å²) in [5, 5.41) is 6.46. The summed E-state index contributed by atoms with van der Waals surface area (Å²) in [5.41, 5.74) is 2.46. The second kappa shape index (κ2) is 5.61. The molecular weight excluding hydrogens is 218 g/mol. The van der Waals surface area contributed by atoms with E-state index < -0.39 is 0 Å². The molecule has 0 fully saturated rings. The number of hydrogen-bond acceptors (Lipinski definition) is 4. The molecule has 0 spiro atoms. The molecule has 0 saturated heterocycles. The Labute approximate surface area is 99.6 Å². The third kappa shape index (κ3) is 3.03. The van der Waals surface area contributed by atoms with Crippen molar-refractivity contribution in [2.45, 2.75) is 19.8 Å². The van der Waals surface area contributed by atoms with Gasteiger partial charge >= 0.3 is 0 Å². The van der Waals surface area contributed by atoms with E-state index in [0.717, 1.165) is 30.2 Å². The Morgan fingerprint density at radius 1 is 1.31 bits per heavy atom. The number of rotatable bonds is 5. The fourth-order valence-electron chi connectivity index (χ4n) is 1.41. The van der Waals surface area contributed by atoms with Gasteiger partial charge in [0.15, 0.2) is 5.13 Å². The van der Waals surface area contributed by atoms with Crippen molar-refractivity contribution in [3.63, 3.8) is 0 Å². The van der Waals surface area contributed by atoms with Crippen molar-refractivity contribution in [2.24, 2.45) is 0 Å². The fourth-order valence-corrected chi connectivity index (χ4v) is 2.24. The van der Waals surface area contributed by atoms with Crippen LogP contribution in [0.2, 0.25) is 0 Å². The summed E-state index contributed by atoms with van der Waals surface area (Å²) in [6.07, 6.45) is 5.66. The zero-order chi connectivity index (χ0) is 11.2. The lowest BCUT2D eigenvalue weighted by Crippen LogP contribution is -2.04. The molecule has 4 heteroatoms. The molecule has 2 heterocycles. The van der Waals surface area contributed by atoms with Gasteiger partial charge in [0.25, 0.3) is 0 Å². The minimum absolute atomic E-state index is 0.917. The largest absolute Gasteiger partial charge is 0.361 e. The molecule has 0 aromatic carbocycles. The first-order valence-corrected chi connectivity index (χ1v) is 6.33. The van der Waals surface area contributed by atoms with E-state index in [4.69, 9.17) is 0 Å². The number of nitrogens with zero attached hydrogens (tertiary/aromatic N) is 2. The molecule has 0 radical (unpaired) electrons. The Kier molecular flexibility index (Phi) is 3.88. The summed E-state index contributed by atoms with van der Waals surface area (Å²) >= 11 is 1.67. The first-order chi connectivity index (χ1) is 7.88. The molecule has 0 atom stereocenters. The van der Waals surface area contributed by atoms with Gasteiger partial charge in [-0.15, -0.1) is 11.3 Å². The Morgan fingerprint density at radius 3 is 2.81 bits per heavy atom. The van der Waals surface area contributed by atoms with Crippen LogP contribution in [0.4, 0.5) is 5.13 Å². The Morgan fingerprint density at radius 2 is 2.12 bits per heavy atom. The highest BCUT2D eigenvalue weighted by molar-refractivity contribution is 7.13. The summed E-state index contributed by atoms with van der Waals surface area (Å²) in [7, 11) is 0. The Hall–Kier alpha value is -1.42. The van der Waals surface area contributed by atoms with E-state index in [2.05, 4.69) is 27.6 Å². The van der Waals surface area contributed by atoms with Gasteiger partial charge in [-0.25, -0.2) is 4.98 Å². The molecule has 1 N–H and O–H groups in total. The van der Waals surface area contributed by atoms with Crippen molar-refractivity contribution in [1.29, 1.82) is 0 Å². The molecule has 2 rings (SSSR count). The molecule has 0 aliphatic carbocycles. The lowest BCUT2D eigenvalue weighted by Gasteiger charge is -2.02. The van der Waals surface area contributed by atoms with E-state index in [1.54, 1.807) is 11.3 Å². The first kappa shape index (κ1) is 11.1. The van der Waals surface area contributed by atoms with Crippen molar-refractivity contribution in [1.82, 2.24) is 9.97 Å². The lowest BCUT2D eigenvalue weighted by atomic mass is 10.2. The third-order valence-corrected chi connectivity index (χ3v) is 3.20. The van der Waals surface area contributed by atoms with Gasteiger partial charge < -0.3 is 5.32 Å². The molecule has 2 aromatic heterocycles. The Bertz CT molecular complexity index is 425. The molecule has 0 saturated carbocycles. The monoisotopic (exact) mass is 233 g/mol. The Balaban J connectivity index is 1.80. The van der Waals surface area contributed by atoms with Gasteiger partial charge in [0, 0.05) is 24.3 Å². The zero-order valence-electron chi connectivity index (χ0n) is 9.31. The van der Waals surface area contributed by atoms with E-state index >= 15 is 0 Å². The van der Waals surface area contributed by atoms with E-state index in [1.165, 1.54) is 5.56 Å². The van der Waals surface area contributed by atoms with Gasteiger partial charge in [0.05, 0.1) is 5.69 Å². The molecule has 0 unspecified atom stereocenters. The third-order valence-electron chi connectivity index (χ3n) is 2.35. The second-order valence-corrected chi connectivity index (χ2v) is 4.39. The van der Waals surface area contributed by atoms with Crippen LogP contribution in [0, 0.1) is 0 Å². The normalized spacial score (nSPS) is 10.3. The minimum Gasteiger partial charge on any atom is -0.361 e. The van der Waals surface area contributed by atoms with Crippen molar-refractivity contribution < 1.29 is 0 Å². The maximum absolute atomic E-state index is 4.45. The molecule has 0 bridgehead atoms. The second-order valence-electron chi connectivity index (χ2n) is 3.53. The maximum atomic E-state index is 4.45. The summed E-state index contributed by atoms with van der Waals surface area (Å²) in [6, 6.07) is 4.09. The van der Waals surface area contributed by atoms with Gasteiger partial charge in [0.1, 0.15) is 0 Å².